The molecule has 144 valence electrons. The van der Waals surface area contributed by atoms with Crippen molar-refractivity contribution in [3.8, 4) is 0 Å². The molecule has 0 aliphatic heterocycles. The van der Waals surface area contributed by atoms with Gasteiger partial charge in [0.05, 0.1) is 12.1 Å². The molecule has 0 aromatic carbocycles. The van der Waals surface area contributed by atoms with Crippen LogP contribution in [0, 0.1) is 0 Å². The van der Waals surface area contributed by atoms with E-state index in [4.69, 9.17) is 0 Å². The van der Waals surface area contributed by atoms with Gasteiger partial charge in [-0.3, -0.25) is 9.78 Å². The highest BCUT2D eigenvalue weighted by Crippen LogP contribution is 2.28. The second-order valence-electron chi connectivity index (χ2n) is 6.49. The molecule has 0 radical (unpaired) electrons. The molecule has 1 fully saturated rings. The van der Waals surface area contributed by atoms with E-state index in [1.165, 1.54) is 17.2 Å². The molecule has 1 atom stereocenters. The van der Waals surface area contributed by atoms with E-state index < -0.39 is 18.0 Å². The van der Waals surface area contributed by atoms with Crippen LogP contribution in [0.4, 0.5) is 13.2 Å². The zero-order valence-electron chi connectivity index (χ0n) is 14.4. The van der Waals surface area contributed by atoms with Crippen molar-refractivity contribution in [2.75, 3.05) is 6.54 Å². The van der Waals surface area contributed by atoms with Crippen molar-refractivity contribution in [1.82, 2.24) is 20.1 Å². The van der Waals surface area contributed by atoms with E-state index in [1.807, 2.05) is 0 Å². The van der Waals surface area contributed by atoms with Crippen LogP contribution in [0.3, 0.4) is 0 Å². The highest BCUT2D eigenvalue weighted by atomic mass is 19.4. The number of hydrogen-bond donors (Lipinski definition) is 0. The number of carbonyl (C=O) groups excluding carboxylic acids is 1. The van der Waals surface area contributed by atoms with Crippen molar-refractivity contribution in [2.24, 2.45) is 0 Å². The number of pyridine rings is 1. The minimum atomic E-state index is -4.52. The Hall–Kier alpha value is -2.55. The molecule has 0 spiro atoms. The van der Waals surface area contributed by atoms with Crippen LogP contribution in [-0.4, -0.2) is 38.6 Å². The lowest BCUT2D eigenvalue weighted by Crippen LogP contribution is -2.48. The Morgan fingerprint density at radius 2 is 2.07 bits per heavy atom. The molecular weight excluding hydrogens is 361 g/mol. The molecule has 9 heteroatoms. The fourth-order valence-electron chi connectivity index (χ4n) is 2.88. The topological polar surface area (TPSA) is 82.0 Å². The van der Waals surface area contributed by atoms with E-state index >= 15 is 0 Å². The Kier molecular flexibility index (Phi) is 5.69. The van der Waals surface area contributed by atoms with Crippen molar-refractivity contribution in [3.63, 3.8) is 0 Å². The maximum absolute atomic E-state index is 12.7. The summed E-state index contributed by atoms with van der Waals surface area (Å²) >= 11 is 0. The number of aromatic nitrogens is 3. The molecule has 0 N–H and O–H groups in total. The van der Waals surface area contributed by atoms with Crippen LogP contribution in [0.5, 0.6) is 0 Å². The van der Waals surface area contributed by atoms with Crippen molar-refractivity contribution < 1.29 is 23.1 Å². The van der Waals surface area contributed by atoms with E-state index in [0.29, 0.717) is 5.56 Å². The molecule has 2 heterocycles. The van der Waals surface area contributed by atoms with Gasteiger partial charge in [-0.1, -0.05) is 12.2 Å². The third kappa shape index (κ3) is 4.79. The molecule has 27 heavy (non-hydrogen) atoms. The molecule has 1 amide bonds. The van der Waals surface area contributed by atoms with Gasteiger partial charge < -0.3 is 10.0 Å². The quantitative estimate of drug-likeness (QED) is 0.766. The van der Waals surface area contributed by atoms with E-state index in [9.17, 15) is 23.1 Å². The summed E-state index contributed by atoms with van der Waals surface area (Å²) < 4.78 is 37.8. The van der Waals surface area contributed by atoms with Gasteiger partial charge in [-0.25, -0.2) is 0 Å². The highest BCUT2D eigenvalue weighted by molar-refractivity contribution is 5.79. The molecular formula is C18H18F3N4O2-. The summed E-state index contributed by atoms with van der Waals surface area (Å²) in [5, 5.41) is 19.9. The minimum absolute atomic E-state index is 0.0203. The fraction of sp³-hybridized carbons (Fsp3) is 0.444. The van der Waals surface area contributed by atoms with E-state index in [1.54, 1.807) is 12.1 Å². The number of alkyl halides is 3. The lowest BCUT2D eigenvalue weighted by molar-refractivity contribution is -0.429. The van der Waals surface area contributed by atoms with Gasteiger partial charge in [-0.2, -0.15) is 23.4 Å². The van der Waals surface area contributed by atoms with Crippen molar-refractivity contribution >= 4 is 5.91 Å². The average Bonchev–Trinajstić information content (AvgIpc) is 2.60. The Morgan fingerprint density at radius 1 is 1.30 bits per heavy atom. The Balaban J connectivity index is 1.68. The predicted octanol–water partition coefficient (Wildman–Crippen LogP) is 1.92. The molecule has 0 bridgehead atoms. The van der Waals surface area contributed by atoms with Gasteiger partial charge in [-0.05, 0) is 43.0 Å². The van der Waals surface area contributed by atoms with Crippen LogP contribution >= 0.6 is 0 Å². The van der Waals surface area contributed by atoms with E-state index in [-0.39, 0.29) is 30.6 Å². The fourth-order valence-corrected chi connectivity index (χ4v) is 2.88. The first-order chi connectivity index (χ1) is 12.8. The first-order valence-corrected chi connectivity index (χ1v) is 8.59. The van der Waals surface area contributed by atoms with Gasteiger partial charge in [0.25, 0.3) is 0 Å². The van der Waals surface area contributed by atoms with Crippen molar-refractivity contribution in [2.45, 2.75) is 44.0 Å². The summed E-state index contributed by atoms with van der Waals surface area (Å²) in [6.45, 7) is -0.0454. The number of rotatable bonds is 6. The summed E-state index contributed by atoms with van der Waals surface area (Å²) in [5.74, 6) is -0.300. The van der Waals surface area contributed by atoms with Gasteiger partial charge in [0.2, 0.25) is 5.91 Å². The summed E-state index contributed by atoms with van der Waals surface area (Å²) in [4.78, 5) is 17.6. The number of hydrogen-bond acceptors (Lipinski definition) is 5. The van der Waals surface area contributed by atoms with Crippen LogP contribution < -0.4 is 5.11 Å². The molecule has 2 aromatic heterocycles. The molecule has 1 aliphatic carbocycles. The minimum Gasteiger partial charge on any atom is -0.846 e. The smallest absolute Gasteiger partial charge is 0.433 e. The van der Waals surface area contributed by atoms with Gasteiger partial charge >= 0.3 is 6.18 Å². The van der Waals surface area contributed by atoms with Crippen molar-refractivity contribution in [1.29, 1.82) is 0 Å². The van der Waals surface area contributed by atoms with Gasteiger partial charge in [0.1, 0.15) is 5.69 Å². The predicted molar refractivity (Wildman–Crippen MR) is 87.1 cm³/mol. The molecule has 3 rings (SSSR count). The molecule has 1 saturated carbocycles. The highest BCUT2D eigenvalue weighted by Gasteiger charge is 2.32. The summed E-state index contributed by atoms with van der Waals surface area (Å²) in [6, 6.07) is 5.24. The number of carbonyl (C=O) groups is 1. The van der Waals surface area contributed by atoms with E-state index in [0.717, 1.165) is 31.5 Å². The maximum atomic E-state index is 12.7. The number of nitrogens with zero attached hydrogens (tertiary/aromatic N) is 4. The first-order valence-electron chi connectivity index (χ1n) is 8.59. The summed E-state index contributed by atoms with van der Waals surface area (Å²) in [6.07, 6.45) is -0.741. The molecule has 2 aromatic rings. The van der Waals surface area contributed by atoms with Crippen LogP contribution in [0.15, 0.2) is 36.7 Å². The third-order valence-corrected chi connectivity index (χ3v) is 4.59. The Morgan fingerprint density at radius 3 is 2.59 bits per heavy atom. The van der Waals surface area contributed by atoms with Crippen LogP contribution in [-0.2, 0) is 17.4 Å². The second kappa shape index (κ2) is 7.99. The monoisotopic (exact) mass is 379 g/mol. The van der Waals surface area contributed by atoms with Crippen molar-refractivity contribution in [3.05, 3.63) is 53.6 Å². The lowest BCUT2D eigenvalue weighted by atomic mass is 9.90. The average molecular weight is 379 g/mol. The lowest BCUT2D eigenvalue weighted by Gasteiger charge is -2.41. The van der Waals surface area contributed by atoms with Crippen LogP contribution in [0.2, 0.25) is 0 Å². The Labute approximate surface area is 154 Å². The number of amides is 1. The SMILES string of the molecule is O=C(Cc1ccc(C(F)(F)F)nc1)N(CC([O-])c1cccnn1)C1CCC1. The van der Waals surface area contributed by atoms with Gasteiger partial charge in [0.15, 0.2) is 0 Å². The molecule has 1 unspecified atom stereocenters. The summed E-state index contributed by atoms with van der Waals surface area (Å²) in [7, 11) is 0. The van der Waals surface area contributed by atoms with Crippen LogP contribution in [0.1, 0.15) is 42.3 Å². The maximum Gasteiger partial charge on any atom is 0.433 e. The van der Waals surface area contributed by atoms with E-state index in [2.05, 4.69) is 15.2 Å². The zero-order valence-corrected chi connectivity index (χ0v) is 14.4. The van der Waals surface area contributed by atoms with Gasteiger partial charge in [-0.15, -0.1) is 0 Å². The zero-order chi connectivity index (χ0) is 19.4. The summed E-state index contributed by atoms with van der Waals surface area (Å²) in [5.41, 5.74) is -0.373. The van der Waals surface area contributed by atoms with Crippen LogP contribution in [0.25, 0.3) is 0 Å². The normalized spacial score (nSPS) is 15.9. The first kappa shape index (κ1) is 19.2. The second-order valence-corrected chi connectivity index (χ2v) is 6.49. The third-order valence-electron chi connectivity index (χ3n) is 4.59. The standard InChI is InChI=1S/C18H18F3N4O2/c19-18(20,21)16-7-6-12(10-22-16)9-17(27)25(13-3-1-4-13)11-15(26)14-5-2-8-23-24-14/h2,5-8,10,13,15H,1,3-4,9,11H2/q-1. The van der Waals surface area contributed by atoms with Gasteiger partial charge in [0, 0.05) is 25.0 Å². The molecule has 1 aliphatic rings. The molecule has 0 saturated heterocycles. The number of halogens is 3. The largest absolute Gasteiger partial charge is 0.846 e. The molecule has 6 nitrogen and oxygen atoms in total. The Bertz CT molecular complexity index is 764.